The van der Waals surface area contributed by atoms with Gasteiger partial charge in [-0.25, -0.2) is 0 Å². The molecule has 0 saturated carbocycles. The van der Waals surface area contributed by atoms with Crippen molar-refractivity contribution in [3.63, 3.8) is 0 Å². The van der Waals surface area contributed by atoms with Crippen LogP contribution in [-0.4, -0.2) is 0 Å². The lowest BCUT2D eigenvalue weighted by molar-refractivity contribution is 1.55. The minimum atomic E-state index is 0.796. The molecule has 0 spiro atoms. The number of allylic oxidation sites excluding steroid dienone is 2. The molecule has 0 aliphatic heterocycles. The third-order valence-electron chi connectivity index (χ3n) is 4.91. The molecule has 154 valence electrons. The molecule has 0 aliphatic carbocycles. The predicted octanol–water partition coefficient (Wildman–Crippen LogP) is 9.01. The maximum Gasteiger partial charge on any atom is 0.0820 e. The van der Waals surface area contributed by atoms with Crippen LogP contribution in [0.1, 0.15) is 22.3 Å². The molecule has 0 bridgehead atoms. The molecule has 0 amide bonds. The van der Waals surface area contributed by atoms with Crippen molar-refractivity contribution in [2.24, 2.45) is 0 Å². The van der Waals surface area contributed by atoms with Gasteiger partial charge in [0, 0.05) is 11.1 Å². The van der Waals surface area contributed by atoms with Crippen LogP contribution in [0.15, 0.2) is 142 Å². The van der Waals surface area contributed by atoms with Gasteiger partial charge in [-0.1, -0.05) is 133 Å². The Labute approximate surface area is 206 Å². The average Bonchev–Trinajstić information content (AvgIpc) is 2.87. The van der Waals surface area contributed by atoms with E-state index in [2.05, 4.69) is 91.9 Å². The van der Waals surface area contributed by atoms with Gasteiger partial charge in [0.15, 0.2) is 0 Å². The molecule has 0 unspecified atom stereocenters. The van der Waals surface area contributed by atoms with Crippen molar-refractivity contribution in [1.29, 1.82) is 0 Å². The highest BCUT2D eigenvalue weighted by Gasteiger charge is 2.08. The Morgan fingerprint density at radius 1 is 0.375 bits per heavy atom. The van der Waals surface area contributed by atoms with Gasteiger partial charge >= 0.3 is 0 Å². The Hall–Kier alpha value is -3.12. The van der Waals surface area contributed by atoms with E-state index in [1.165, 1.54) is 0 Å². The van der Waals surface area contributed by atoms with Crippen molar-refractivity contribution in [2.45, 2.75) is 0 Å². The van der Waals surface area contributed by atoms with E-state index in [-0.39, 0.29) is 0 Å². The highest BCUT2D eigenvalue weighted by molar-refractivity contribution is 9.15. The average molecular weight is 540 g/mol. The van der Waals surface area contributed by atoms with E-state index in [0.29, 0.717) is 0 Å². The largest absolute Gasteiger partial charge is 0.0942 e. The molecular weight excluding hydrogens is 520 g/mol. The second-order valence-corrected chi connectivity index (χ2v) is 8.68. The van der Waals surface area contributed by atoms with E-state index < -0.39 is 0 Å². The molecule has 0 radical (unpaired) electrons. The van der Waals surface area contributed by atoms with Crippen molar-refractivity contribution < 1.29 is 0 Å². The van der Waals surface area contributed by atoms with E-state index in [4.69, 9.17) is 0 Å². The van der Waals surface area contributed by atoms with Crippen molar-refractivity contribution in [3.05, 3.63) is 164 Å². The number of rotatable bonds is 5. The Bertz CT molecular complexity index is 1120. The summed E-state index contributed by atoms with van der Waals surface area (Å²) in [6.45, 7) is 0. The van der Waals surface area contributed by atoms with Gasteiger partial charge in [0.25, 0.3) is 0 Å². The first-order valence-electron chi connectivity index (χ1n) is 10.3. The topological polar surface area (TPSA) is 0 Å². The summed E-state index contributed by atoms with van der Waals surface area (Å²) < 4.78 is 1.59. The SMILES string of the molecule is BrC(=C=C(c1ccccc1)c1ccccc1)C(Br)=C=C(c1ccccc1)c1ccccc1. The first-order valence-corrected chi connectivity index (χ1v) is 11.9. The van der Waals surface area contributed by atoms with Gasteiger partial charge in [0.1, 0.15) is 0 Å². The molecule has 2 heteroatoms. The van der Waals surface area contributed by atoms with Gasteiger partial charge in [0.05, 0.1) is 8.96 Å². The van der Waals surface area contributed by atoms with Crippen LogP contribution in [0.5, 0.6) is 0 Å². The molecule has 0 aromatic heterocycles. The highest BCUT2D eigenvalue weighted by atomic mass is 79.9. The van der Waals surface area contributed by atoms with Crippen LogP contribution in [-0.2, 0) is 0 Å². The van der Waals surface area contributed by atoms with Crippen LogP contribution in [0.2, 0.25) is 0 Å². The molecule has 32 heavy (non-hydrogen) atoms. The second kappa shape index (κ2) is 11.0. The summed E-state index contributed by atoms with van der Waals surface area (Å²) in [5, 5.41) is 0. The molecule has 0 aliphatic rings. The summed E-state index contributed by atoms with van der Waals surface area (Å²) >= 11 is 7.47. The molecular formula is C30H20Br2. The third kappa shape index (κ3) is 5.56. The fourth-order valence-electron chi connectivity index (χ4n) is 3.37. The lowest BCUT2D eigenvalue weighted by atomic mass is 9.98. The zero-order chi connectivity index (χ0) is 22.2. The number of halogens is 2. The lowest BCUT2D eigenvalue weighted by Crippen LogP contribution is -1.87. The fourth-order valence-corrected chi connectivity index (χ4v) is 3.97. The summed E-state index contributed by atoms with van der Waals surface area (Å²) in [6, 6.07) is 41.2. The van der Waals surface area contributed by atoms with Crippen LogP contribution in [0.25, 0.3) is 11.1 Å². The minimum Gasteiger partial charge on any atom is -0.0942 e. The van der Waals surface area contributed by atoms with Gasteiger partial charge < -0.3 is 0 Å². The van der Waals surface area contributed by atoms with Gasteiger partial charge in [-0.3, -0.25) is 0 Å². The summed E-state index contributed by atoms with van der Waals surface area (Å²) in [6.07, 6.45) is 0. The lowest BCUT2D eigenvalue weighted by Gasteiger charge is -2.07. The summed E-state index contributed by atoms with van der Waals surface area (Å²) in [4.78, 5) is 0. The van der Waals surface area contributed by atoms with E-state index in [1.54, 1.807) is 0 Å². The van der Waals surface area contributed by atoms with Gasteiger partial charge in [-0.15, -0.1) is 0 Å². The first-order chi connectivity index (χ1) is 15.7. The molecule has 0 fully saturated rings. The molecule has 0 nitrogen and oxygen atoms in total. The molecule has 0 atom stereocenters. The molecule has 4 aromatic carbocycles. The normalized spacial score (nSPS) is 9.94. The monoisotopic (exact) mass is 538 g/mol. The van der Waals surface area contributed by atoms with Crippen molar-refractivity contribution in [1.82, 2.24) is 0 Å². The summed E-state index contributed by atoms with van der Waals surface area (Å²) in [7, 11) is 0. The fraction of sp³-hybridized carbons (Fsp3) is 0. The second-order valence-electron chi connectivity index (χ2n) is 7.09. The van der Waals surface area contributed by atoms with Gasteiger partial charge in [0.2, 0.25) is 0 Å². The zero-order valence-corrected chi connectivity index (χ0v) is 20.5. The molecule has 0 N–H and O–H groups in total. The first kappa shape index (κ1) is 22.1. The Morgan fingerprint density at radius 3 is 0.812 bits per heavy atom. The maximum absolute atomic E-state index is 3.74. The number of hydrogen-bond donors (Lipinski definition) is 0. The van der Waals surface area contributed by atoms with Gasteiger partial charge in [-0.05, 0) is 54.1 Å². The quantitative estimate of drug-likeness (QED) is 0.175. The Balaban J connectivity index is 1.94. The van der Waals surface area contributed by atoms with Gasteiger partial charge in [-0.2, -0.15) is 0 Å². The van der Waals surface area contributed by atoms with E-state index >= 15 is 0 Å². The molecule has 0 saturated heterocycles. The maximum atomic E-state index is 3.74. The van der Waals surface area contributed by atoms with Crippen LogP contribution in [0.4, 0.5) is 0 Å². The van der Waals surface area contributed by atoms with Crippen LogP contribution >= 0.6 is 31.9 Å². The molecule has 4 aromatic rings. The smallest absolute Gasteiger partial charge is 0.0820 e. The van der Waals surface area contributed by atoms with E-state index in [9.17, 15) is 0 Å². The van der Waals surface area contributed by atoms with Crippen molar-refractivity contribution in [2.75, 3.05) is 0 Å². The standard InChI is InChI=1S/C30H20Br2/c31-29(21-27(23-13-5-1-6-14-23)24-15-7-2-8-16-24)30(32)22-28(25-17-9-3-10-18-25)26-19-11-4-12-20-26/h1-20H. The predicted molar refractivity (Wildman–Crippen MR) is 143 cm³/mol. The summed E-state index contributed by atoms with van der Waals surface area (Å²) in [5.41, 5.74) is 13.5. The third-order valence-corrected chi connectivity index (χ3v) is 6.63. The Kier molecular flexibility index (Phi) is 7.56. The number of hydrogen-bond acceptors (Lipinski definition) is 0. The van der Waals surface area contributed by atoms with Crippen molar-refractivity contribution >= 4 is 43.0 Å². The van der Waals surface area contributed by atoms with Crippen molar-refractivity contribution in [3.8, 4) is 0 Å². The molecule has 0 heterocycles. The van der Waals surface area contributed by atoms with Crippen LogP contribution in [0.3, 0.4) is 0 Å². The van der Waals surface area contributed by atoms with E-state index in [1.807, 2.05) is 72.8 Å². The summed E-state index contributed by atoms with van der Waals surface area (Å²) in [5.74, 6) is 0. The minimum absolute atomic E-state index is 0.796. The highest BCUT2D eigenvalue weighted by Crippen LogP contribution is 2.30. The Morgan fingerprint density at radius 2 is 0.594 bits per heavy atom. The van der Waals surface area contributed by atoms with E-state index in [0.717, 1.165) is 42.4 Å². The molecule has 4 rings (SSSR count). The zero-order valence-electron chi connectivity index (χ0n) is 17.3. The number of benzene rings is 4. The van der Waals surface area contributed by atoms with Crippen LogP contribution < -0.4 is 0 Å². The van der Waals surface area contributed by atoms with Crippen LogP contribution in [0, 0.1) is 0 Å².